The van der Waals surface area contributed by atoms with Crippen molar-refractivity contribution in [3.05, 3.63) is 35.6 Å². The zero-order valence-corrected chi connectivity index (χ0v) is 10.4. The van der Waals surface area contributed by atoms with Crippen molar-refractivity contribution in [3.8, 4) is 0 Å². The van der Waals surface area contributed by atoms with Crippen LogP contribution in [0.2, 0.25) is 0 Å². The topological polar surface area (TPSA) is 64.7 Å². The van der Waals surface area contributed by atoms with Gasteiger partial charge in [0, 0.05) is 18.4 Å². The monoisotopic (exact) mass is 252 g/mol. The second-order valence-electron chi connectivity index (χ2n) is 3.38. The van der Waals surface area contributed by atoms with E-state index in [0.29, 0.717) is 0 Å². The van der Waals surface area contributed by atoms with Crippen LogP contribution >= 0.6 is 23.1 Å². The molecule has 0 aliphatic rings. The van der Waals surface area contributed by atoms with Gasteiger partial charge in [-0.05, 0) is 24.6 Å². The number of nitrogens with zero attached hydrogens (tertiary/aromatic N) is 3. The predicted octanol–water partition coefficient (Wildman–Crippen LogP) is 2.11. The molecule has 0 spiro atoms. The minimum absolute atomic E-state index is 0.0521. The molecule has 0 fully saturated rings. The summed E-state index contributed by atoms with van der Waals surface area (Å²) in [5.41, 5.74) is 8.90. The van der Waals surface area contributed by atoms with E-state index in [1.807, 2.05) is 19.1 Å². The summed E-state index contributed by atoms with van der Waals surface area (Å²) in [5, 5.41) is 8.04. The fraction of sp³-hybridized carbons (Fsp3) is 0.300. The van der Waals surface area contributed by atoms with Crippen molar-refractivity contribution in [1.82, 2.24) is 15.2 Å². The molecular weight excluding hydrogens is 240 g/mol. The van der Waals surface area contributed by atoms with E-state index in [1.165, 1.54) is 16.9 Å². The first-order valence-electron chi connectivity index (χ1n) is 4.85. The highest BCUT2D eigenvalue weighted by molar-refractivity contribution is 8.01. The van der Waals surface area contributed by atoms with Gasteiger partial charge in [0.05, 0.1) is 5.25 Å². The Bertz CT molecular complexity index is 416. The largest absolute Gasteiger partial charge is 0.327 e. The molecule has 2 atom stereocenters. The van der Waals surface area contributed by atoms with Gasteiger partial charge < -0.3 is 5.73 Å². The number of hydrogen-bond donors (Lipinski definition) is 1. The van der Waals surface area contributed by atoms with E-state index >= 15 is 0 Å². The van der Waals surface area contributed by atoms with E-state index < -0.39 is 0 Å². The van der Waals surface area contributed by atoms with Crippen LogP contribution in [-0.4, -0.2) is 21.2 Å². The van der Waals surface area contributed by atoms with Gasteiger partial charge in [0.2, 0.25) is 0 Å². The lowest BCUT2D eigenvalue weighted by Gasteiger charge is -2.18. The van der Waals surface area contributed by atoms with Crippen molar-refractivity contribution in [2.45, 2.75) is 22.6 Å². The highest BCUT2D eigenvalue weighted by atomic mass is 32.2. The van der Waals surface area contributed by atoms with Gasteiger partial charge in [0.25, 0.3) is 0 Å². The molecule has 2 heterocycles. The van der Waals surface area contributed by atoms with Crippen molar-refractivity contribution in [1.29, 1.82) is 0 Å². The van der Waals surface area contributed by atoms with E-state index in [2.05, 4.69) is 15.2 Å². The molecular formula is C10H12N4S2. The fourth-order valence-corrected chi connectivity index (χ4v) is 3.12. The molecule has 0 radical (unpaired) electrons. The average Bonchev–Trinajstić information content (AvgIpc) is 2.79. The van der Waals surface area contributed by atoms with Crippen molar-refractivity contribution in [2.24, 2.45) is 5.73 Å². The Morgan fingerprint density at radius 3 is 2.69 bits per heavy atom. The Hall–Kier alpha value is -0.980. The summed E-state index contributed by atoms with van der Waals surface area (Å²) < 4.78 is 0.944. The first kappa shape index (κ1) is 11.5. The Kier molecular flexibility index (Phi) is 3.87. The van der Waals surface area contributed by atoms with Crippen LogP contribution in [-0.2, 0) is 0 Å². The number of nitrogens with two attached hydrogens (primary N) is 1. The summed E-state index contributed by atoms with van der Waals surface area (Å²) in [4.78, 5) is 4.01. The van der Waals surface area contributed by atoms with Crippen LogP contribution in [0.4, 0.5) is 0 Å². The molecule has 0 saturated heterocycles. The third-order valence-electron chi connectivity index (χ3n) is 2.08. The molecule has 2 unspecified atom stereocenters. The standard InChI is InChI=1S/C10H12N4S2/c1-7(11)9(8-2-4-12-5-3-8)16-10-14-13-6-15-10/h2-7,9H,11H2,1H3. The molecule has 0 amide bonds. The molecule has 4 nitrogen and oxygen atoms in total. The van der Waals surface area contributed by atoms with Crippen LogP contribution in [0.15, 0.2) is 34.4 Å². The highest BCUT2D eigenvalue weighted by Gasteiger charge is 2.18. The molecule has 0 aliphatic heterocycles. The molecule has 0 saturated carbocycles. The van der Waals surface area contributed by atoms with Gasteiger partial charge in [-0.1, -0.05) is 23.1 Å². The molecule has 2 N–H and O–H groups in total. The summed E-state index contributed by atoms with van der Waals surface area (Å²) in [6.07, 6.45) is 3.57. The van der Waals surface area contributed by atoms with Crippen LogP contribution in [0.25, 0.3) is 0 Å². The lowest BCUT2D eigenvalue weighted by Crippen LogP contribution is -2.22. The van der Waals surface area contributed by atoms with Crippen molar-refractivity contribution in [3.63, 3.8) is 0 Å². The molecule has 16 heavy (non-hydrogen) atoms. The quantitative estimate of drug-likeness (QED) is 0.844. The second-order valence-corrected chi connectivity index (χ2v) is 5.60. The van der Waals surface area contributed by atoms with Gasteiger partial charge in [-0.25, -0.2) is 0 Å². The Labute approximate surface area is 102 Å². The van der Waals surface area contributed by atoms with E-state index in [0.717, 1.165) is 4.34 Å². The normalized spacial score (nSPS) is 14.6. The lowest BCUT2D eigenvalue weighted by molar-refractivity contribution is 0.719. The van der Waals surface area contributed by atoms with Gasteiger partial charge in [-0.3, -0.25) is 4.98 Å². The maximum absolute atomic E-state index is 6.00. The molecule has 2 aromatic heterocycles. The molecule has 2 aromatic rings. The minimum Gasteiger partial charge on any atom is -0.327 e. The van der Waals surface area contributed by atoms with Gasteiger partial charge in [0.15, 0.2) is 4.34 Å². The zero-order chi connectivity index (χ0) is 11.4. The second kappa shape index (κ2) is 5.38. The number of thioether (sulfide) groups is 1. The summed E-state index contributed by atoms with van der Waals surface area (Å²) in [5.74, 6) is 0. The Morgan fingerprint density at radius 2 is 2.12 bits per heavy atom. The van der Waals surface area contributed by atoms with Crippen molar-refractivity contribution < 1.29 is 0 Å². The van der Waals surface area contributed by atoms with Crippen molar-refractivity contribution >= 4 is 23.1 Å². The van der Waals surface area contributed by atoms with E-state index in [9.17, 15) is 0 Å². The highest BCUT2D eigenvalue weighted by Crippen LogP contribution is 2.37. The fourth-order valence-electron chi connectivity index (χ4n) is 1.35. The van der Waals surface area contributed by atoms with Gasteiger partial charge in [0.1, 0.15) is 5.51 Å². The van der Waals surface area contributed by atoms with Crippen LogP contribution in [0, 0.1) is 0 Å². The summed E-state index contributed by atoms with van der Waals surface area (Å²) in [6.45, 7) is 2.00. The number of aromatic nitrogens is 3. The first-order valence-corrected chi connectivity index (χ1v) is 6.61. The molecule has 0 bridgehead atoms. The van der Waals surface area contributed by atoms with Gasteiger partial charge in [-0.15, -0.1) is 10.2 Å². The third kappa shape index (κ3) is 2.78. The summed E-state index contributed by atoms with van der Waals surface area (Å²) in [7, 11) is 0. The Morgan fingerprint density at radius 1 is 1.38 bits per heavy atom. The first-order chi connectivity index (χ1) is 7.77. The molecule has 0 aromatic carbocycles. The number of hydrogen-bond acceptors (Lipinski definition) is 6. The van der Waals surface area contributed by atoms with Gasteiger partial charge >= 0.3 is 0 Å². The van der Waals surface area contributed by atoms with Crippen molar-refractivity contribution in [2.75, 3.05) is 0 Å². The van der Waals surface area contributed by atoms with E-state index in [4.69, 9.17) is 5.73 Å². The average molecular weight is 252 g/mol. The lowest BCUT2D eigenvalue weighted by atomic mass is 10.1. The van der Waals surface area contributed by atoms with E-state index in [1.54, 1.807) is 29.7 Å². The summed E-state index contributed by atoms with van der Waals surface area (Å²) in [6, 6.07) is 4.03. The number of pyridine rings is 1. The predicted molar refractivity (Wildman–Crippen MR) is 66.4 cm³/mol. The zero-order valence-electron chi connectivity index (χ0n) is 8.78. The van der Waals surface area contributed by atoms with Crippen LogP contribution in [0.3, 0.4) is 0 Å². The van der Waals surface area contributed by atoms with Gasteiger partial charge in [-0.2, -0.15) is 0 Å². The van der Waals surface area contributed by atoms with Crippen LogP contribution < -0.4 is 5.73 Å². The SMILES string of the molecule is CC(N)C(Sc1nncs1)c1ccncc1. The van der Waals surface area contributed by atoms with E-state index in [-0.39, 0.29) is 11.3 Å². The maximum Gasteiger partial charge on any atom is 0.174 e. The molecule has 2 rings (SSSR count). The van der Waals surface area contributed by atoms with Crippen LogP contribution in [0.1, 0.15) is 17.7 Å². The molecule has 6 heteroatoms. The summed E-state index contributed by atoms with van der Waals surface area (Å²) >= 11 is 3.18. The van der Waals surface area contributed by atoms with Crippen LogP contribution in [0.5, 0.6) is 0 Å². The molecule has 84 valence electrons. The maximum atomic E-state index is 6.00. The third-order valence-corrected chi connectivity index (χ3v) is 4.38. The molecule has 0 aliphatic carbocycles. The number of rotatable bonds is 4. The smallest absolute Gasteiger partial charge is 0.174 e. The Balaban J connectivity index is 2.18. The minimum atomic E-state index is 0.0521.